The predicted molar refractivity (Wildman–Crippen MR) is 133 cm³/mol. The number of benzene rings is 2. The molecule has 3 rings (SSSR count). The van der Waals surface area contributed by atoms with Crippen molar-refractivity contribution in [3.63, 3.8) is 0 Å². The number of carbonyl (C=O) groups is 1. The first kappa shape index (κ1) is 23.9. The number of hydrogen-bond donors (Lipinski definition) is 0. The van der Waals surface area contributed by atoms with Crippen LogP contribution in [-0.4, -0.2) is 55.8 Å². The summed E-state index contributed by atoms with van der Waals surface area (Å²) in [6, 6.07) is 11.8. The lowest BCUT2D eigenvalue weighted by molar-refractivity contribution is -0.118. The molecule has 0 aliphatic rings. The minimum absolute atomic E-state index is 0.0904. The molecule has 0 spiro atoms. The Morgan fingerprint density at radius 2 is 1.90 bits per heavy atom. The Labute approximate surface area is 197 Å². The number of thioether (sulfide) groups is 1. The molecule has 3 aromatic rings. The molecule has 0 saturated carbocycles. The van der Waals surface area contributed by atoms with Gasteiger partial charge in [0.2, 0.25) is 5.91 Å². The average molecular weight is 478 g/mol. The molecule has 8 heteroatoms. The number of hydrogen-bond acceptors (Lipinski definition) is 6. The highest BCUT2D eigenvalue weighted by Gasteiger charge is 2.21. The summed E-state index contributed by atoms with van der Waals surface area (Å²) in [6.07, 6.45) is 1.33. The van der Waals surface area contributed by atoms with E-state index in [1.54, 1.807) is 18.9 Å². The summed E-state index contributed by atoms with van der Waals surface area (Å²) >= 11 is 9.56. The van der Waals surface area contributed by atoms with Crippen LogP contribution >= 0.6 is 34.7 Å². The fourth-order valence-corrected chi connectivity index (χ4v) is 5.34. The van der Waals surface area contributed by atoms with Gasteiger partial charge in [-0.2, -0.15) is 0 Å². The lowest BCUT2D eigenvalue weighted by Crippen LogP contribution is -2.33. The molecule has 1 amide bonds. The maximum absolute atomic E-state index is 13.2. The van der Waals surface area contributed by atoms with Crippen molar-refractivity contribution >= 4 is 56.0 Å². The number of halogens is 1. The highest BCUT2D eigenvalue weighted by atomic mass is 35.5. The van der Waals surface area contributed by atoms with Crippen LogP contribution in [0.25, 0.3) is 10.2 Å². The number of amides is 1. The normalized spacial score (nSPS) is 11.3. The molecular weight excluding hydrogens is 450 g/mol. The highest BCUT2D eigenvalue weighted by molar-refractivity contribution is 7.99. The molecule has 5 nitrogen and oxygen atoms in total. The van der Waals surface area contributed by atoms with E-state index in [2.05, 4.69) is 4.90 Å². The van der Waals surface area contributed by atoms with Crippen LogP contribution in [0.4, 0.5) is 5.13 Å². The van der Waals surface area contributed by atoms with Gasteiger partial charge in [-0.25, -0.2) is 4.98 Å². The van der Waals surface area contributed by atoms with E-state index in [9.17, 15) is 4.79 Å². The van der Waals surface area contributed by atoms with Gasteiger partial charge in [-0.1, -0.05) is 29.0 Å². The maximum atomic E-state index is 13.2. The maximum Gasteiger partial charge on any atom is 0.229 e. The fraction of sp³-hybridized carbons (Fsp3) is 0.391. The number of anilines is 1. The number of aromatic nitrogens is 1. The molecule has 0 radical (unpaired) electrons. The van der Waals surface area contributed by atoms with Crippen molar-refractivity contribution in [3.05, 3.63) is 47.0 Å². The molecular formula is C23H28ClN3O2S2. The van der Waals surface area contributed by atoms with Crippen molar-refractivity contribution in [3.8, 4) is 5.75 Å². The summed E-state index contributed by atoms with van der Waals surface area (Å²) in [4.78, 5) is 23.0. The molecule has 0 saturated heterocycles. The molecule has 0 aliphatic heterocycles. The summed E-state index contributed by atoms with van der Waals surface area (Å²) in [5.74, 6) is 1.63. The molecule has 0 aliphatic carbocycles. The first-order valence-corrected chi connectivity index (χ1v) is 12.3. The van der Waals surface area contributed by atoms with E-state index in [-0.39, 0.29) is 5.91 Å². The molecule has 0 bridgehead atoms. The fourth-order valence-electron chi connectivity index (χ4n) is 3.14. The van der Waals surface area contributed by atoms with Gasteiger partial charge in [0.25, 0.3) is 0 Å². The summed E-state index contributed by atoms with van der Waals surface area (Å²) < 4.78 is 6.14. The van der Waals surface area contributed by atoms with Gasteiger partial charge in [0.05, 0.1) is 22.3 Å². The van der Waals surface area contributed by atoms with Crippen molar-refractivity contribution in [1.29, 1.82) is 0 Å². The van der Waals surface area contributed by atoms with E-state index < -0.39 is 0 Å². The Bertz CT molecular complexity index is 983. The quantitative estimate of drug-likeness (QED) is 0.349. The van der Waals surface area contributed by atoms with Crippen LogP contribution in [0.1, 0.15) is 18.4 Å². The minimum atomic E-state index is 0.0904. The van der Waals surface area contributed by atoms with Gasteiger partial charge in [0.1, 0.15) is 5.75 Å². The molecule has 1 heterocycles. The molecule has 0 unspecified atom stereocenters. The van der Waals surface area contributed by atoms with Gasteiger partial charge in [-0.05, 0) is 69.9 Å². The van der Waals surface area contributed by atoms with E-state index in [4.69, 9.17) is 21.3 Å². The Morgan fingerprint density at radius 1 is 1.16 bits per heavy atom. The lowest BCUT2D eigenvalue weighted by Gasteiger charge is -2.21. The minimum Gasteiger partial charge on any atom is -0.497 e. The number of nitrogens with zero attached hydrogens (tertiary/aromatic N) is 3. The van der Waals surface area contributed by atoms with E-state index >= 15 is 0 Å². The number of rotatable bonds is 10. The molecule has 0 fully saturated rings. The van der Waals surface area contributed by atoms with Crippen LogP contribution in [-0.2, 0) is 4.79 Å². The number of methoxy groups -OCH3 is 1. The number of fused-ring (bicyclic) bond motifs is 1. The Balaban J connectivity index is 1.72. The SMILES string of the molecule is COc1ccc(SCCC(=O)N(CCCN(C)C)c2nc3c(C)ccc(Cl)c3s2)cc1. The van der Waals surface area contributed by atoms with E-state index in [0.29, 0.717) is 23.7 Å². The van der Waals surface area contributed by atoms with Gasteiger partial charge in [-0.3, -0.25) is 9.69 Å². The monoisotopic (exact) mass is 477 g/mol. The van der Waals surface area contributed by atoms with Gasteiger partial charge < -0.3 is 9.64 Å². The van der Waals surface area contributed by atoms with Gasteiger partial charge in [0.15, 0.2) is 5.13 Å². The Hall–Kier alpha value is -1.80. The van der Waals surface area contributed by atoms with Crippen LogP contribution in [0.2, 0.25) is 5.02 Å². The van der Waals surface area contributed by atoms with Gasteiger partial charge in [-0.15, -0.1) is 11.8 Å². The average Bonchev–Trinajstić information content (AvgIpc) is 3.20. The van der Waals surface area contributed by atoms with E-state index in [1.165, 1.54) is 11.3 Å². The number of ether oxygens (including phenoxy) is 1. The number of thiazole rings is 1. The second-order valence-electron chi connectivity index (χ2n) is 7.51. The zero-order chi connectivity index (χ0) is 22.4. The standard InChI is InChI=1S/C23H28ClN3O2S2/c1-16-6-11-19(24)22-21(16)25-23(31-22)27(14-5-13-26(2)3)20(28)12-15-30-18-9-7-17(29-4)8-10-18/h6-11H,5,12-15H2,1-4H3. The number of aryl methyl sites for hydroxylation is 1. The lowest BCUT2D eigenvalue weighted by atomic mass is 10.2. The number of carbonyl (C=O) groups excluding carboxylic acids is 1. The van der Waals surface area contributed by atoms with Crippen LogP contribution in [0.15, 0.2) is 41.3 Å². The van der Waals surface area contributed by atoms with Gasteiger partial charge in [0, 0.05) is 23.6 Å². The van der Waals surface area contributed by atoms with Crippen molar-refractivity contribution in [1.82, 2.24) is 9.88 Å². The smallest absolute Gasteiger partial charge is 0.229 e. The molecule has 2 aromatic carbocycles. The van der Waals surface area contributed by atoms with Crippen LogP contribution in [0.3, 0.4) is 0 Å². The summed E-state index contributed by atoms with van der Waals surface area (Å²) in [6.45, 7) is 3.57. The van der Waals surface area contributed by atoms with Crippen LogP contribution < -0.4 is 9.64 Å². The predicted octanol–water partition coefficient (Wildman–Crippen LogP) is 5.73. The van der Waals surface area contributed by atoms with E-state index in [1.807, 2.05) is 62.3 Å². The van der Waals surface area contributed by atoms with Crippen molar-refractivity contribution < 1.29 is 9.53 Å². The topological polar surface area (TPSA) is 45.7 Å². The van der Waals surface area contributed by atoms with Crippen LogP contribution in [0.5, 0.6) is 5.75 Å². The molecule has 0 atom stereocenters. The summed E-state index contributed by atoms with van der Waals surface area (Å²) in [7, 11) is 5.74. The largest absolute Gasteiger partial charge is 0.497 e. The second kappa shape index (κ2) is 11.2. The van der Waals surface area contributed by atoms with Crippen molar-refractivity contribution in [2.75, 3.05) is 44.9 Å². The Morgan fingerprint density at radius 3 is 2.55 bits per heavy atom. The highest BCUT2D eigenvalue weighted by Crippen LogP contribution is 2.36. The summed E-state index contributed by atoms with van der Waals surface area (Å²) in [5.41, 5.74) is 1.95. The molecule has 1 aromatic heterocycles. The molecule has 0 N–H and O–H groups in total. The third-order valence-corrected chi connectivity index (χ3v) is 7.40. The first-order chi connectivity index (χ1) is 14.9. The summed E-state index contributed by atoms with van der Waals surface area (Å²) in [5, 5.41) is 1.41. The first-order valence-electron chi connectivity index (χ1n) is 10.2. The van der Waals surface area contributed by atoms with Crippen molar-refractivity contribution in [2.24, 2.45) is 0 Å². The van der Waals surface area contributed by atoms with E-state index in [0.717, 1.165) is 44.5 Å². The zero-order valence-corrected chi connectivity index (χ0v) is 20.7. The van der Waals surface area contributed by atoms with Crippen LogP contribution in [0, 0.1) is 6.92 Å². The van der Waals surface area contributed by atoms with Gasteiger partial charge >= 0.3 is 0 Å². The Kier molecular flexibility index (Phi) is 8.60. The van der Waals surface area contributed by atoms with Crippen molar-refractivity contribution in [2.45, 2.75) is 24.7 Å². The molecule has 166 valence electrons. The molecule has 31 heavy (non-hydrogen) atoms. The zero-order valence-electron chi connectivity index (χ0n) is 18.4. The third kappa shape index (κ3) is 6.35. The third-order valence-electron chi connectivity index (χ3n) is 4.85. The second-order valence-corrected chi connectivity index (χ2v) is 10.1.